The summed E-state index contributed by atoms with van der Waals surface area (Å²) in [5, 5.41) is 4.00. The Labute approximate surface area is 177 Å². The Morgan fingerprint density at radius 2 is 1.68 bits per heavy atom. The molecule has 2 aromatic carbocycles. The average Bonchev–Trinajstić information content (AvgIpc) is 2.77. The van der Waals surface area contributed by atoms with Crippen LogP contribution in [0.5, 0.6) is 0 Å². The molecule has 5 nitrogen and oxygen atoms in total. The molecule has 0 fully saturated rings. The normalized spacial score (nSPS) is 11.5. The zero-order valence-electron chi connectivity index (χ0n) is 16.8. The van der Waals surface area contributed by atoms with Crippen LogP contribution in [0, 0.1) is 0 Å². The van der Waals surface area contributed by atoms with Crippen LogP contribution >= 0.6 is 0 Å². The molecule has 0 aliphatic carbocycles. The van der Waals surface area contributed by atoms with Crippen molar-refractivity contribution in [2.24, 2.45) is 0 Å². The van der Waals surface area contributed by atoms with Gasteiger partial charge in [-0.1, -0.05) is 42.5 Å². The Balaban J connectivity index is 1.56. The maximum Gasteiger partial charge on any atom is 0.406 e. The molecule has 0 spiro atoms. The van der Waals surface area contributed by atoms with Crippen molar-refractivity contribution in [2.75, 3.05) is 23.8 Å². The second-order valence-electron chi connectivity index (χ2n) is 7.15. The number of nitrogens with zero attached hydrogens (tertiary/aromatic N) is 4. The summed E-state index contributed by atoms with van der Waals surface area (Å²) in [6, 6.07) is 19.1. The van der Waals surface area contributed by atoms with E-state index in [1.165, 1.54) is 7.05 Å². The van der Waals surface area contributed by atoms with Gasteiger partial charge in [0.25, 0.3) is 0 Å². The van der Waals surface area contributed by atoms with Gasteiger partial charge < -0.3 is 10.2 Å². The van der Waals surface area contributed by atoms with Gasteiger partial charge in [0.15, 0.2) is 0 Å². The third-order valence-corrected chi connectivity index (χ3v) is 4.76. The number of benzene rings is 2. The maximum absolute atomic E-state index is 12.8. The van der Waals surface area contributed by atoms with Crippen LogP contribution in [0.2, 0.25) is 0 Å². The van der Waals surface area contributed by atoms with Gasteiger partial charge in [-0.3, -0.25) is 4.98 Å². The SMILES string of the molecule is CN(CC(F)(F)F)c1nc(NCc2ccc(-c3cccnc3)cc2)c2ccccc2n1. The minimum absolute atomic E-state index is 0.0189. The third-order valence-electron chi connectivity index (χ3n) is 4.76. The molecule has 0 aliphatic heterocycles. The van der Waals surface area contributed by atoms with Gasteiger partial charge in [-0.25, -0.2) is 4.98 Å². The van der Waals surface area contributed by atoms with Gasteiger partial charge in [-0.05, 0) is 34.9 Å². The highest BCUT2D eigenvalue weighted by atomic mass is 19.4. The van der Waals surface area contributed by atoms with E-state index >= 15 is 0 Å². The predicted octanol–water partition coefficient (Wildman–Crippen LogP) is 5.30. The van der Waals surface area contributed by atoms with Crippen molar-refractivity contribution in [1.29, 1.82) is 0 Å². The van der Waals surface area contributed by atoms with Crippen LogP contribution in [0.3, 0.4) is 0 Å². The molecule has 31 heavy (non-hydrogen) atoms. The number of rotatable bonds is 6. The van der Waals surface area contributed by atoms with Crippen LogP contribution in [0.15, 0.2) is 73.1 Å². The van der Waals surface area contributed by atoms with Gasteiger partial charge >= 0.3 is 6.18 Å². The van der Waals surface area contributed by atoms with Gasteiger partial charge in [0.1, 0.15) is 12.4 Å². The molecule has 0 amide bonds. The van der Waals surface area contributed by atoms with E-state index in [0.29, 0.717) is 17.9 Å². The van der Waals surface area contributed by atoms with Gasteiger partial charge in [0.05, 0.1) is 5.52 Å². The number of nitrogens with one attached hydrogen (secondary N) is 1. The topological polar surface area (TPSA) is 53.9 Å². The Bertz CT molecular complexity index is 1160. The standard InChI is InChI=1S/C23H20F3N5/c1-31(15-23(24,25)26)22-29-20-7-3-2-6-19(20)21(30-22)28-13-16-8-10-17(11-9-16)18-5-4-12-27-14-18/h2-12,14H,13,15H2,1H3,(H,28,29,30). The molecule has 8 heteroatoms. The Kier molecular flexibility index (Phi) is 5.70. The van der Waals surface area contributed by atoms with Crippen molar-refractivity contribution in [1.82, 2.24) is 15.0 Å². The van der Waals surface area contributed by atoms with E-state index in [1.807, 2.05) is 48.5 Å². The summed E-state index contributed by atoms with van der Waals surface area (Å²) < 4.78 is 38.4. The fourth-order valence-electron chi connectivity index (χ4n) is 3.24. The second-order valence-corrected chi connectivity index (χ2v) is 7.15. The van der Waals surface area contributed by atoms with E-state index < -0.39 is 12.7 Å². The van der Waals surface area contributed by atoms with Gasteiger partial charge in [0, 0.05) is 31.4 Å². The molecule has 0 saturated heterocycles. The summed E-state index contributed by atoms with van der Waals surface area (Å²) in [5.41, 5.74) is 3.68. The van der Waals surface area contributed by atoms with Gasteiger partial charge in [-0.2, -0.15) is 18.2 Å². The first-order chi connectivity index (χ1) is 14.9. The highest BCUT2D eigenvalue weighted by molar-refractivity contribution is 5.90. The second kappa shape index (κ2) is 8.59. The highest BCUT2D eigenvalue weighted by Crippen LogP contribution is 2.26. The van der Waals surface area contributed by atoms with Crippen molar-refractivity contribution in [3.63, 3.8) is 0 Å². The summed E-state index contributed by atoms with van der Waals surface area (Å²) >= 11 is 0. The summed E-state index contributed by atoms with van der Waals surface area (Å²) in [6.07, 6.45) is -0.805. The number of pyridine rings is 1. The van der Waals surface area contributed by atoms with E-state index in [2.05, 4.69) is 20.3 Å². The molecule has 4 rings (SSSR count). The molecule has 0 bridgehead atoms. The number of alkyl halides is 3. The molecular formula is C23H20F3N5. The van der Waals surface area contributed by atoms with Crippen molar-refractivity contribution < 1.29 is 13.2 Å². The lowest BCUT2D eigenvalue weighted by Gasteiger charge is -2.20. The van der Waals surface area contributed by atoms with Crippen molar-refractivity contribution >= 4 is 22.7 Å². The quantitative estimate of drug-likeness (QED) is 0.456. The first kappa shape index (κ1) is 20.6. The summed E-state index contributed by atoms with van der Waals surface area (Å²) in [4.78, 5) is 13.8. The van der Waals surface area contributed by atoms with Crippen LogP contribution in [-0.2, 0) is 6.54 Å². The number of hydrogen-bond donors (Lipinski definition) is 1. The Hall–Kier alpha value is -3.68. The van der Waals surface area contributed by atoms with Crippen LogP contribution in [-0.4, -0.2) is 34.7 Å². The minimum atomic E-state index is -4.34. The molecule has 4 aromatic rings. The maximum atomic E-state index is 12.8. The molecule has 0 saturated carbocycles. The number of fused-ring (bicyclic) bond motifs is 1. The lowest BCUT2D eigenvalue weighted by atomic mass is 10.1. The number of anilines is 2. The molecule has 0 atom stereocenters. The van der Waals surface area contributed by atoms with Crippen molar-refractivity contribution in [2.45, 2.75) is 12.7 Å². The number of halogens is 3. The average molecular weight is 423 g/mol. The van der Waals surface area contributed by atoms with E-state index in [1.54, 1.807) is 24.5 Å². The van der Waals surface area contributed by atoms with E-state index in [4.69, 9.17) is 0 Å². The molecular weight excluding hydrogens is 403 g/mol. The zero-order valence-corrected chi connectivity index (χ0v) is 16.8. The molecule has 2 heterocycles. The highest BCUT2D eigenvalue weighted by Gasteiger charge is 2.30. The Morgan fingerprint density at radius 3 is 2.39 bits per heavy atom. The van der Waals surface area contributed by atoms with Gasteiger partial charge in [0.2, 0.25) is 5.95 Å². The number of aromatic nitrogens is 3. The molecule has 2 aromatic heterocycles. The van der Waals surface area contributed by atoms with Crippen LogP contribution in [0.4, 0.5) is 24.9 Å². The summed E-state index contributed by atoms with van der Waals surface area (Å²) in [7, 11) is 1.33. The monoisotopic (exact) mass is 423 g/mol. The van der Waals surface area contributed by atoms with E-state index in [0.717, 1.165) is 27.0 Å². The third kappa shape index (κ3) is 5.09. The molecule has 0 radical (unpaired) electrons. The summed E-state index contributed by atoms with van der Waals surface area (Å²) in [6.45, 7) is -0.655. The molecule has 0 aliphatic rings. The first-order valence-electron chi connectivity index (χ1n) is 9.67. The largest absolute Gasteiger partial charge is 0.406 e. The number of para-hydroxylation sites is 1. The molecule has 0 unspecified atom stereocenters. The lowest BCUT2D eigenvalue weighted by Crippen LogP contribution is -2.32. The Morgan fingerprint density at radius 1 is 0.903 bits per heavy atom. The minimum Gasteiger partial charge on any atom is -0.365 e. The van der Waals surface area contributed by atoms with Crippen LogP contribution < -0.4 is 10.2 Å². The fraction of sp³-hybridized carbons (Fsp3) is 0.174. The van der Waals surface area contributed by atoms with Crippen molar-refractivity contribution in [3.05, 3.63) is 78.6 Å². The molecule has 1 N–H and O–H groups in total. The first-order valence-corrected chi connectivity index (χ1v) is 9.67. The van der Waals surface area contributed by atoms with Crippen LogP contribution in [0.1, 0.15) is 5.56 Å². The zero-order chi connectivity index (χ0) is 21.8. The van der Waals surface area contributed by atoms with Crippen molar-refractivity contribution in [3.8, 4) is 11.1 Å². The molecule has 158 valence electrons. The smallest absolute Gasteiger partial charge is 0.365 e. The number of hydrogen-bond acceptors (Lipinski definition) is 5. The van der Waals surface area contributed by atoms with E-state index in [9.17, 15) is 13.2 Å². The van der Waals surface area contributed by atoms with E-state index in [-0.39, 0.29) is 5.95 Å². The van der Waals surface area contributed by atoms with Gasteiger partial charge in [-0.15, -0.1) is 0 Å². The predicted molar refractivity (Wildman–Crippen MR) is 116 cm³/mol. The van der Waals surface area contributed by atoms with Crippen LogP contribution in [0.25, 0.3) is 22.0 Å². The summed E-state index contributed by atoms with van der Waals surface area (Å²) in [5.74, 6) is 0.511. The fourth-order valence-corrected chi connectivity index (χ4v) is 3.24. The lowest BCUT2D eigenvalue weighted by molar-refractivity contribution is -0.119.